The van der Waals surface area contributed by atoms with E-state index in [-0.39, 0.29) is 30.5 Å². The first-order valence-corrected chi connectivity index (χ1v) is 13.7. The maximum absolute atomic E-state index is 12.5. The summed E-state index contributed by atoms with van der Waals surface area (Å²) in [5, 5.41) is 3.46. The predicted molar refractivity (Wildman–Crippen MR) is 123 cm³/mol. The van der Waals surface area contributed by atoms with Crippen molar-refractivity contribution in [3.8, 4) is 5.75 Å². The SMILES string of the molecule is O=CCOc1ccccc1[C@H]1CC[C@@H](OC[C@@H]2NCCC[C@@H]2NS(=O)(=O)CC2CC2)CC1. The molecule has 2 N–H and O–H groups in total. The monoisotopic (exact) mass is 464 g/mol. The van der Waals surface area contributed by atoms with Crippen LogP contribution < -0.4 is 14.8 Å². The van der Waals surface area contributed by atoms with Crippen LogP contribution in [0.5, 0.6) is 5.75 Å². The zero-order valence-electron chi connectivity index (χ0n) is 18.7. The third-order valence-corrected chi connectivity index (χ3v) is 8.49. The predicted octanol–water partition coefficient (Wildman–Crippen LogP) is 2.76. The zero-order valence-corrected chi connectivity index (χ0v) is 19.5. The quantitative estimate of drug-likeness (QED) is 0.489. The molecule has 1 aliphatic heterocycles. The maximum atomic E-state index is 12.5. The standard InChI is InChI=1S/C24H36N2O5S/c27-14-15-30-24-6-2-1-4-21(24)19-9-11-20(12-10-19)31-16-23-22(5-3-13-25-23)26-32(28,29)17-18-7-8-18/h1-2,4,6,14,18-20,22-23,25-26H,3,5,7-13,15-17H2/t19-,20+,22-,23-/m0/s1. The lowest BCUT2D eigenvalue weighted by molar-refractivity contribution is -0.109. The van der Waals surface area contributed by atoms with Crippen molar-refractivity contribution in [1.29, 1.82) is 0 Å². The Morgan fingerprint density at radius 1 is 1.06 bits per heavy atom. The molecule has 7 nitrogen and oxygen atoms in total. The maximum Gasteiger partial charge on any atom is 0.212 e. The van der Waals surface area contributed by atoms with E-state index in [1.807, 2.05) is 18.2 Å². The highest BCUT2D eigenvalue weighted by atomic mass is 32.2. The lowest BCUT2D eigenvalue weighted by atomic mass is 9.82. The molecular formula is C24H36N2O5S. The van der Waals surface area contributed by atoms with Crippen LogP contribution in [0.15, 0.2) is 24.3 Å². The summed E-state index contributed by atoms with van der Waals surface area (Å²) in [6, 6.07) is 7.91. The Morgan fingerprint density at radius 2 is 1.84 bits per heavy atom. The molecular weight excluding hydrogens is 428 g/mol. The van der Waals surface area contributed by atoms with E-state index in [0.717, 1.165) is 69.9 Å². The highest BCUT2D eigenvalue weighted by Crippen LogP contribution is 2.38. The Kier molecular flexibility index (Phi) is 8.21. The molecule has 178 valence electrons. The average molecular weight is 465 g/mol. The molecule has 0 unspecified atom stereocenters. The second-order valence-corrected chi connectivity index (χ2v) is 11.3. The summed E-state index contributed by atoms with van der Waals surface area (Å²) in [4.78, 5) is 10.7. The minimum Gasteiger partial charge on any atom is -0.486 e. The summed E-state index contributed by atoms with van der Waals surface area (Å²) in [7, 11) is -3.22. The molecule has 0 amide bonds. The van der Waals surface area contributed by atoms with E-state index in [2.05, 4.69) is 16.1 Å². The third-order valence-electron chi connectivity index (χ3n) is 6.92. The molecule has 2 saturated carbocycles. The van der Waals surface area contributed by atoms with Gasteiger partial charge in [0.25, 0.3) is 0 Å². The number of piperidine rings is 1. The van der Waals surface area contributed by atoms with Crippen LogP contribution in [-0.4, -0.2) is 58.4 Å². The Morgan fingerprint density at radius 3 is 2.59 bits per heavy atom. The summed E-state index contributed by atoms with van der Waals surface area (Å²) >= 11 is 0. The van der Waals surface area contributed by atoms with Crippen molar-refractivity contribution in [2.75, 3.05) is 25.5 Å². The number of hydrogen-bond donors (Lipinski definition) is 2. The fraction of sp³-hybridized carbons (Fsp3) is 0.708. The number of carbonyl (C=O) groups is 1. The fourth-order valence-electron chi connectivity index (χ4n) is 5.00. The van der Waals surface area contributed by atoms with Gasteiger partial charge in [0.15, 0.2) is 6.29 Å². The number of para-hydroxylation sites is 1. The van der Waals surface area contributed by atoms with E-state index in [9.17, 15) is 13.2 Å². The van der Waals surface area contributed by atoms with Gasteiger partial charge in [0, 0.05) is 12.1 Å². The Bertz CT molecular complexity index is 850. The fourth-order valence-corrected chi connectivity index (χ4v) is 6.79. The van der Waals surface area contributed by atoms with Crippen LogP contribution in [-0.2, 0) is 19.6 Å². The lowest BCUT2D eigenvalue weighted by Gasteiger charge is -2.35. The number of carbonyl (C=O) groups excluding carboxylic acids is 1. The molecule has 1 heterocycles. The first kappa shape index (κ1) is 23.7. The van der Waals surface area contributed by atoms with Crippen molar-refractivity contribution in [2.45, 2.75) is 75.5 Å². The minimum atomic E-state index is -3.22. The van der Waals surface area contributed by atoms with Crippen LogP contribution in [0.1, 0.15) is 62.8 Å². The zero-order chi connectivity index (χ0) is 22.4. The number of rotatable bonds is 11. The van der Waals surface area contributed by atoms with E-state index in [1.165, 1.54) is 5.56 Å². The van der Waals surface area contributed by atoms with Gasteiger partial charge in [-0.05, 0) is 81.4 Å². The van der Waals surface area contributed by atoms with E-state index < -0.39 is 10.0 Å². The summed E-state index contributed by atoms with van der Waals surface area (Å²) in [5.41, 5.74) is 1.17. The van der Waals surface area contributed by atoms with Crippen molar-refractivity contribution >= 4 is 16.3 Å². The summed E-state index contributed by atoms with van der Waals surface area (Å²) in [5.74, 6) is 1.83. The number of nitrogens with one attached hydrogen (secondary N) is 2. The number of benzene rings is 1. The van der Waals surface area contributed by atoms with Gasteiger partial charge in [0.1, 0.15) is 12.4 Å². The molecule has 3 fully saturated rings. The van der Waals surface area contributed by atoms with Crippen molar-refractivity contribution in [1.82, 2.24) is 10.0 Å². The van der Waals surface area contributed by atoms with Crippen LogP contribution in [0.3, 0.4) is 0 Å². The molecule has 8 heteroatoms. The molecule has 0 spiro atoms. The van der Waals surface area contributed by atoms with E-state index in [4.69, 9.17) is 9.47 Å². The van der Waals surface area contributed by atoms with Gasteiger partial charge in [0.2, 0.25) is 10.0 Å². The van der Waals surface area contributed by atoms with Gasteiger partial charge in [-0.1, -0.05) is 18.2 Å². The summed E-state index contributed by atoms with van der Waals surface area (Å²) < 4.78 is 39.7. The lowest BCUT2D eigenvalue weighted by Crippen LogP contribution is -2.56. The number of aldehydes is 1. The Labute approximate surface area is 191 Å². The second kappa shape index (κ2) is 11.1. The van der Waals surface area contributed by atoms with Crippen LogP contribution in [0.4, 0.5) is 0 Å². The van der Waals surface area contributed by atoms with E-state index >= 15 is 0 Å². The van der Waals surface area contributed by atoms with Gasteiger partial charge in [-0.3, -0.25) is 4.79 Å². The molecule has 1 aromatic carbocycles. The van der Waals surface area contributed by atoms with Crippen LogP contribution in [0.25, 0.3) is 0 Å². The van der Waals surface area contributed by atoms with Gasteiger partial charge in [-0.2, -0.15) is 0 Å². The van der Waals surface area contributed by atoms with Crippen molar-refractivity contribution in [3.05, 3.63) is 29.8 Å². The second-order valence-electron chi connectivity index (χ2n) is 9.47. The minimum absolute atomic E-state index is 0.0212. The number of hydrogen-bond acceptors (Lipinski definition) is 6. The molecule has 0 aromatic heterocycles. The smallest absolute Gasteiger partial charge is 0.212 e. The molecule has 0 radical (unpaired) electrons. The van der Waals surface area contributed by atoms with Gasteiger partial charge in [-0.15, -0.1) is 0 Å². The van der Waals surface area contributed by atoms with Gasteiger partial charge in [-0.25, -0.2) is 13.1 Å². The molecule has 4 rings (SSSR count). The van der Waals surface area contributed by atoms with Gasteiger partial charge < -0.3 is 14.8 Å². The number of sulfonamides is 1. The Balaban J connectivity index is 1.25. The van der Waals surface area contributed by atoms with Crippen molar-refractivity contribution < 1.29 is 22.7 Å². The molecule has 2 aliphatic carbocycles. The molecule has 0 bridgehead atoms. The Hall–Kier alpha value is -1.48. The first-order valence-electron chi connectivity index (χ1n) is 12.0. The highest BCUT2D eigenvalue weighted by molar-refractivity contribution is 7.89. The van der Waals surface area contributed by atoms with Crippen molar-refractivity contribution in [3.63, 3.8) is 0 Å². The first-order chi connectivity index (χ1) is 15.5. The van der Waals surface area contributed by atoms with E-state index in [1.54, 1.807) is 0 Å². The van der Waals surface area contributed by atoms with Crippen LogP contribution >= 0.6 is 0 Å². The number of ether oxygens (including phenoxy) is 2. The molecule has 32 heavy (non-hydrogen) atoms. The van der Waals surface area contributed by atoms with Crippen molar-refractivity contribution in [2.24, 2.45) is 5.92 Å². The largest absolute Gasteiger partial charge is 0.486 e. The summed E-state index contributed by atoms with van der Waals surface area (Å²) in [6.45, 7) is 1.51. The molecule has 2 atom stereocenters. The van der Waals surface area contributed by atoms with Crippen LogP contribution in [0, 0.1) is 5.92 Å². The molecule has 3 aliphatic rings. The molecule has 1 saturated heterocycles. The van der Waals surface area contributed by atoms with Gasteiger partial charge >= 0.3 is 0 Å². The van der Waals surface area contributed by atoms with Crippen LogP contribution in [0.2, 0.25) is 0 Å². The summed E-state index contributed by atoms with van der Waals surface area (Å²) in [6.07, 6.45) is 8.85. The molecule has 1 aromatic rings. The average Bonchev–Trinajstić information content (AvgIpc) is 3.61. The van der Waals surface area contributed by atoms with Gasteiger partial charge in [0.05, 0.1) is 18.5 Å². The highest BCUT2D eigenvalue weighted by Gasteiger charge is 2.33. The normalized spacial score (nSPS) is 28.9. The van der Waals surface area contributed by atoms with E-state index in [0.29, 0.717) is 18.4 Å². The third kappa shape index (κ3) is 6.76. The topological polar surface area (TPSA) is 93.7 Å².